The number of anilines is 1. The number of hydrogen-bond donors (Lipinski definition) is 1. The Kier molecular flexibility index (Phi) is 10.3. The number of carbonyl (C=O) groups is 2. The lowest BCUT2D eigenvalue weighted by Crippen LogP contribution is -2.53. The molecule has 0 aliphatic rings. The maximum atomic E-state index is 14.4. The minimum Gasteiger partial charge on any atom is -0.357 e. The van der Waals surface area contributed by atoms with Crippen molar-refractivity contribution in [2.75, 3.05) is 17.9 Å². The number of amides is 2. The van der Waals surface area contributed by atoms with E-state index < -0.39 is 28.5 Å². The first-order valence-corrected chi connectivity index (χ1v) is 15.8. The Hall–Kier alpha value is -4.14. The molecule has 0 saturated heterocycles. The van der Waals surface area contributed by atoms with E-state index >= 15 is 0 Å². The molecule has 0 aliphatic heterocycles. The van der Waals surface area contributed by atoms with Crippen LogP contribution in [0.15, 0.2) is 102 Å². The van der Waals surface area contributed by atoms with Gasteiger partial charge < -0.3 is 10.2 Å². The van der Waals surface area contributed by atoms with Gasteiger partial charge in [-0.2, -0.15) is 0 Å². The molecule has 0 heterocycles. The molecular weight excluding hydrogens is 582 g/mol. The summed E-state index contributed by atoms with van der Waals surface area (Å²) in [4.78, 5) is 29.2. The van der Waals surface area contributed by atoms with Crippen molar-refractivity contribution < 1.29 is 18.0 Å². The van der Waals surface area contributed by atoms with Crippen molar-refractivity contribution in [2.24, 2.45) is 0 Å². The average Bonchev–Trinajstić information content (AvgIpc) is 2.99. The van der Waals surface area contributed by atoms with Crippen LogP contribution in [0.3, 0.4) is 0 Å². The van der Waals surface area contributed by atoms with Gasteiger partial charge in [0, 0.05) is 25.0 Å². The van der Waals surface area contributed by atoms with Gasteiger partial charge >= 0.3 is 0 Å². The first-order chi connectivity index (χ1) is 20.5. The lowest BCUT2D eigenvalue weighted by atomic mass is 10.0. The van der Waals surface area contributed by atoms with E-state index in [9.17, 15) is 18.0 Å². The molecule has 4 rings (SSSR count). The third-order valence-electron chi connectivity index (χ3n) is 7.29. The van der Waals surface area contributed by atoms with Gasteiger partial charge in [0.1, 0.15) is 12.6 Å². The summed E-state index contributed by atoms with van der Waals surface area (Å²) in [7, 11) is -2.63. The Morgan fingerprint density at radius 3 is 2.05 bits per heavy atom. The van der Waals surface area contributed by atoms with E-state index in [0.29, 0.717) is 16.3 Å². The van der Waals surface area contributed by atoms with Crippen LogP contribution in [-0.4, -0.2) is 44.8 Å². The fourth-order valence-electron chi connectivity index (χ4n) is 4.94. The zero-order valence-corrected chi connectivity index (χ0v) is 26.3. The summed E-state index contributed by atoms with van der Waals surface area (Å²) < 4.78 is 29.4. The predicted octanol–water partition coefficient (Wildman–Crippen LogP) is 5.85. The molecular formula is C34H36ClN3O4S. The molecule has 0 saturated carbocycles. The molecule has 1 atom stereocenters. The second-order valence-electron chi connectivity index (χ2n) is 10.6. The van der Waals surface area contributed by atoms with Gasteiger partial charge in [-0.25, -0.2) is 8.42 Å². The molecule has 0 radical (unpaired) electrons. The molecule has 4 aromatic rings. The topological polar surface area (TPSA) is 86.8 Å². The van der Waals surface area contributed by atoms with Gasteiger partial charge in [0.15, 0.2) is 0 Å². The fraction of sp³-hybridized carbons (Fsp3) is 0.235. The SMILES string of the molecule is CNC(=O)C(Cc1ccccc1)N(Cc1ccc(Cl)cc1)C(=O)CN(c1ccc(C)cc1C)S(=O)(=O)c1ccc(C)cc1. The van der Waals surface area contributed by atoms with Crippen LogP contribution >= 0.6 is 11.6 Å². The standard InChI is InChI=1S/C34H36ClN3O4S/c1-24-10-17-30(18-11-24)43(41,42)38(31-19-12-25(2)20-26(31)3)23-33(39)37(22-28-13-15-29(35)16-14-28)32(34(40)36-4)21-27-8-6-5-7-9-27/h5-20,32H,21-23H2,1-4H3,(H,36,40). The first-order valence-electron chi connectivity index (χ1n) is 14.0. The summed E-state index contributed by atoms with van der Waals surface area (Å²) in [6, 6.07) is 27.5. The number of benzene rings is 4. The smallest absolute Gasteiger partial charge is 0.264 e. The van der Waals surface area contributed by atoms with Gasteiger partial charge in [0.05, 0.1) is 10.6 Å². The molecule has 0 aliphatic carbocycles. The molecule has 1 N–H and O–H groups in total. The monoisotopic (exact) mass is 617 g/mol. The minimum absolute atomic E-state index is 0.0715. The Balaban J connectivity index is 1.81. The van der Waals surface area contributed by atoms with Crippen LogP contribution in [0.4, 0.5) is 5.69 Å². The van der Waals surface area contributed by atoms with Crippen molar-refractivity contribution in [3.63, 3.8) is 0 Å². The van der Waals surface area contributed by atoms with E-state index in [2.05, 4.69) is 5.32 Å². The average molecular weight is 618 g/mol. The molecule has 1 unspecified atom stereocenters. The summed E-state index contributed by atoms with van der Waals surface area (Å²) >= 11 is 6.12. The van der Waals surface area contributed by atoms with Crippen molar-refractivity contribution >= 4 is 39.1 Å². The highest BCUT2D eigenvalue weighted by Gasteiger charge is 2.34. The number of nitrogens with zero attached hydrogens (tertiary/aromatic N) is 2. The maximum Gasteiger partial charge on any atom is 0.264 e. The van der Waals surface area contributed by atoms with E-state index in [1.807, 2.05) is 63.2 Å². The highest BCUT2D eigenvalue weighted by molar-refractivity contribution is 7.92. The van der Waals surface area contributed by atoms with Crippen molar-refractivity contribution in [1.82, 2.24) is 10.2 Å². The van der Waals surface area contributed by atoms with E-state index in [4.69, 9.17) is 11.6 Å². The Morgan fingerprint density at radius 2 is 1.44 bits per heavy atom. The van der Waals surface area contributed by atoms with E-state index in [1.54, 1.807) is 54.6 Å². The Morgan fingerprint density at radius 1 is 0.814 bits per heavy atom. The summed E-state index contributed by atoms with van der Waals surface area (Å²) in [5.74, 6) is -0.874. The highest BCUT2D eigenvalue weighted by Crippen LogP contribution is 2.29. The third kappa shape index (κ3) is 7.83. The van der Waals surface area contributed by atoms with Crippen LogP contribution in [0.5, 0.6) is 0 Å². The predicted molar refractivity (Wildman–Crippen MR) is 172 cm³/mol. The van der Waals surface area contributed by atoms with Gasteiger partial charge in [-0.1, -0.05) is 89.5 Å². The number of sulfonamides is 1. The van der Waals surface area contributed by atoms with Gasteiger partial charge in [0.25, 0.3) is 10.0 Å². The van der Waals surface area contributed by atoms with Crippen molar-refractivity contribution in [1.29, 1.82) is 0 Å². The van der Waals surface area contributed by atoms with Crippen LogP contribution in [0, 0.1) is 20.8 Å². The molecule has 0 spiro atoms. The second-order valence-corrected chi connectivity index (χ2v) is 12.9. The first kappa shape index (κ1) is 31.8. The van der Waals surface area contributed by atoms with E-state index in [1.165, 1.54) is 11.9 Å². The van der Waals surface area contributed by atoms with Gasteiger partial charge in [-0.3, -0.25) is 13.9 Å². The lowest BCUT2D eigenvalue weighted by molar-refractivity contribution is -0.139. The molecule has 7 nitrogen and oxygen atoms in total. The third-order valence-corrected chi connectivity index (χ3v) is 9.32. The van der Waals surface area contributed by atoms with Crippen molar-refractivity contribution in [2.45, 2.75) is 44.7 Å². The summed E-state index contributed by atoms with van der Waals surface area (Å²) in [6.07, 6.45) is 0.244. The molecule has 9 heteroatoms. The second kappa shape index (κ2) is 13.9. The molecule has 4 aromatic carbocycles. The largest absolute Gasteiger partial charge is 0.357 e. The molecule has 224 valence electrons. The van der Waals surface area contributed by atoms with Crippen molar-refractivity contribution in [3.05, 3.63) is 130 Å². The molecule has 0 aromatic heterocycles. The zero-order chi connectivity index (χ0) is 31.1. The summed E-state index contributed by atoms with van der Waals surface area (Å²) in [5, 5.41) is 3.23. The van der Waals surface area contributed by atoms with Crippen LogP contribution in [0.2, 0.25) is 5.02 Å². The molecule has 0 fully saturated rings. The number of rotatable bonds is 11. The Bertz CT molecular complexity index is 1680. The molecule has 43 heavy (non-hydrogen) atoms. The number of hydrogen-bond acceptors (Lipinski definition) is 4. The number of nitrogens with one attached hydrogen (secondary N) is 1. The van der Waals surface area contributed by atoms with Crippen LogP contribution in [-0.2, 0) is 32.6 Å². The van der Waals surface area contributed by atoms with E-state index in [-0.39, 0.29) is 23.8 Å². The number of likely N-dealkylation sites (N-methyl/N-ethyl adjacent to an activating group) is 1. The highest BCUT2D eigenvalue weighted by atomic mass is 35.5. The van der Waals surface area contributed by atoms with Gasteiger partial charge in [-0.15, -0.1) is 0 Å². The van der Waals surface area contributed by atoms with Crippen LogP contribution in [0.25, 0.3) is 0 Å². The number of halogens is 1. The zero-order valence-electron chi connectivity index (χ0n) is 24.7. The number of carbonyl (C=O) groups excluding carboxylic acids is 2. The van der Waals surface area contributed by atoms with Crippen LogP contribution in [0.1, 0.15) is 27.8 Å². The lowest BCUT2D eigenvalue weighted by Gasteiger charge is -2.34. The van der Waals surface area contributed by atoms with Crippen LogP contribution < -0.4 is 9.62 Å². The number of aryl methyl sites for hydroxylation is 3. The molecule has 2 amide bonds. The maximum absolute atomic E-state index is 14.4. The minimum atomic E-state index is -4.16. The van der Waals surface area contributed by atoms with Gasteiger partial charge in [-0.05, 0) is 67.8 Å². The quantitative estimate of drug-likeness (QED) is 0.229. The summed E-state index contributed by atoms with van der Waals surface area (Å²) in [6.45, 7) is 5.19. The summed E-state index contributed by atoms with van der Waals surface area (Å²) in [5.41, 5.74) is 4.59. The normalized spacial score (nSPS) is 11.9. The van der Waals surface area contributed by atoms with E-state index in [0.717, 1.165) is 26.6 Å². The molecule has 0 bridgehead atoms. The van der Waals surface area contributed by atoms with Crippen molar-refractivity contribution in [3.8, 4) is 0 Å². The fourth-order valence-corrected chi connectivity index (χ4v) is 6.55. The Labute approximate surface area is 259 Å². The van der Waals surface area contributed by atoms with Gasteiger partial charge in [0.2, 0.25) is 11.8 Å².